The lowest BCUT2D eigenvalue weighted by molar-refractivity contribution is -0.0878. The largest absolute Gasteiger partial charge is 0.444 e. The predicted molar refractivity (Wildman–Crippen MR) is 77.9 cm³/mol. The zero-order valence-electron chi connectivity index (χ0n) is 11.4. The van der Waals surface area contributed by atoms with E-state index in [1.165, 1.54) is 11.3 Å². The van der Waals surface area contributed by atoms with Gasteiger partial charge in [-0.3, -0.25) is 0 Å². The first kappa shape index (κ1) is 13.2. The molecule has 3 rings (SSSR count). The fourth-order valence-corrected chi connectivity index (χ4v) is 2.16. The third-order valence-corrected chi connectivity index (χ3v) is 3.21. The standard InChI is InChI=1S/C17H15NO3/c19-17(20-13-14-7-3-1-4-8-14)18-16(11-12-21-18)15-9-5-2-6-10-15/h1-12,16H,13H2/t16-/m0/s1. The monoisotopic (exact) mass is 281 g/mol. The van der Waals surface area contributed by atoms with E-state index in [1.54, 1.807) is 0 Å². The van der Waals surface area contributed by atoms with Gasteiger partial charge < -0.3 is 9.57 Å². The van der Waals surface area contributed by atoms with E-state index in [1.807, 2.05) is 66.7 Å². The number of hydroxylamine groups is 2. The first-order valence-electron chi connectivity index (χ1n) is 6.73. The quantitative estimate of drug-likeness (QED) is 0.858. The summed E-state index contributed by atoms with van der Waals surface area (Å²) in [7, 11) is 0. The molecular formula is C17H15NO3. The number of carbonyl (C=O) groups is 1. The highest BCUT2D eigenvalue weighted by atomic mass is 16.7. The molecule has 0 saturated heterocycles. The number of benzene rings is 2. The average Bonchev–Trinajstić information content (AvgIpc) is 3.04. The Morgan fingerprint density at radius 2 is 1.71 bits per heavy atom. The van der Waals surface area contributed by atoms with Gasteiger partial charge in [0.2, 0.25) is 0 Å². The van der Waals surface area contributed by atoms with Gasteiger partial charge in [-0.15, -0.1) is 5.06 Å². The second-order valence-corrected chi connectivity index (χ2v) is 4.66. The van der Waals surface area contributed by atoms with E-state index in [4.69, 9.17) is 9.57 Å². The van der Waals surface area contributed by atoms with Gasteiger partial charge in [0.15, 0.2) is 0 Å². The van der Waals surface area contributed by atoms with Crippen LogP contribution in [0, 0.1) is 0 Å². The first-order valence-corrected chi connectivity index (χ1v) is 6.73. The summed E-state index contributed by atoms with van der Waals surface area (Å²) in [4.78, 5) is 17.4. The van der Waals surface area contributed by atoms with Crippen LogP contribution in [-0.4, -0.2) is 11.2 Å². The van der Waals surface area contributed by atoms with Gasteiger partial charge in [0.25, 0.3) is 0 Å². The van der Waals surface area contributed by atoms with Gasteiger partial charge in [-0.05, 0) is 17.2 Å². The van der Waals surface area contributed by atoms with Crippen molar-refractivity contribution in [2.45, 2.75) is 12.6 Å². The van der Waals surface area contributed by atoms with Crippen LogP contribution in [0.4, 0.5) is 4.79 Å². The van der Waals surface area contributed by atoms with E-state index in [0.717, 1.165) is 11.1 Å². The molecular weight excluding hydrogens is 266 g/mol. The van der Waals surface area contributed by atoms with Gasteiger partial charge in [0, 0.05) is 0 Å². The van der Waals surface area contributed by atoms with Gasteiger partial charge in [0.1, 0.15) is 18.9 Å². The topological polar surface area (TPSA) is 38.8 Å². The molecule has 1 heterocycles. The molecule has 0 aromatic heterocycles. The molecule has 2 aromatic rings. The lowest BCUT2D eigenvalue weighted by Crippen LogP contribution is -2.30. The zero-order valence-corrected chi connectivity index (χ0v) is 11.4. The maximum atomic E-state index is 12.1. The van der Waals surface area contributed by atoms with E-state index in [0.29, 0.717) is 0 Å². The van der Waals surface area contributed by atoms with Crippen LogP contribution in [0.1, 0.15) is 17.2 Å². The molecule has 0 spiro atoms. The second kappa shape index (κ2) is 6.13. The molecule has 1 amide bonds. The molecule has 0 unspecified atom stereocenters. The summed E-state index contributed by atoms with van der Waals surface area (Å²) < 4.78 is 5.29. The van der Waals surface area contributed by atoms with Gasteiger partial charge >= 0.3 is 6.09 Å². The SMILES string of the molecule is O=C(OCc1ccccc1)N1OC=C[C@H]1c1ccccc1. The van der Waals surface area contributed by atoms with Crippen molar-refractivity contribution in [2.24, 2.45) is 0 Å². The van der Waals surface area contributed by atoms with Crippen molar-refractivity contribution in [3.05, 3.63) is 84.1 Å². The molecule has 21 heavy (non-hydrogen) atoms. The molecule has 4 nitrogen and oxygen atoms in total. The van der Waals surface area contributed by atoms with E-state index in [2.05, 4.69) is 0 Å². The Bertz CT molecular complexity index is 625. The molecule has 1 aliphatic rings. The van der Waals surface area contributed by atoms with Gasteiger partial charge in [0.05, 0.1) is 0 Å². The normalized spacial score (nSPS) is 16.6. The first-order chi connectivity index (χ1) is 10.3. The molecule has 106 valence electrons. The van der Waals surface area contributed by atoms with Crippen LogP contribution >= 0.6 is 0 Å². The van der Waals surface area contributed by atoms with E-state index in [9.17, 15) is 4.79 Å². The molecule has 1 atom stereocenters. The van der Waals surface area contributed by atoms with Crippen molar-refractivity contribution in [1.82, 2.24) is 5.06 Å². The third kappa shape index (κ3) is 3.05. The van der Waals surface area contributed by atoms with Crippen LogP contribution in [0.25, 0.3) is 0 Å². The Kier molecular flexibility index (Phi) is 3.87. The molecule has 0 bridgehead atoms. The molecule has 0 N–H and O–H groups in total. The maximum Gasteiger partial charge on any atom is 0.444 e. The molecule has 0 radical (unpaired) electrons. The molecule has 4 heteroatoms. The number of hydrogen-bond acceptors (Lipinski definition) is 3. The Hall–Kier alpha value is -2.75. The lowest BCUT2D eigenvalue weighted by atomic mass is 10.1. The molecule has 2 aromatic carbocycles. The van der Waals surface area contributed by atoms with Crippen molar-refractivity contribution in [2.75, 3.05) is 0 Å². The third-order valence-electron chi connectivity index (χ3n) is 3.21. The summed E-state index contributed by atoms with van der Waals surface area (Å²) in [5.74, 6) is 0. The molecule has 0 fully saturated rings. The van der Waals surface area contributed by atoms with Crippen LogP contribution in [0.5, 0.6) is 0 Å². The van der Waals surface area contributed by atoms with E-state index in [-0.39, 0.29) is 12.6 Å². The van der Waals surface area contributed by atoms with Crippen LogP contribution in [-0.2, 0) is 16.2 Å². The summed E-state index contributed by atoms with van der Waals surface area (Å²) in [5.41, 5.74) is 1.91. The fourth-order valence-electron chi connectivity index (χ4n) is 2.16. The predicted octanol–water partition coefficient (Wildman–Crippen LogP) is 3.83. The highest BCUT2D eigenvalue weighted by Gasteiger charge is 2.29. The van der Waals surface area contributed by atoms with E-state index >= 15 is 0 Å². The summed E-state index contributed by atoms with van der Waals surface area (Å²) in [6.07, 6.45) is 2.82. The van der Waals surface area contributed by atoms with Crippen LogP contribution < -0.4 is 0 Å². The lowest BCUT2D eigenvalue weighted by Gasteiger charge is -2.22. The smallest absolute Gasteiger partial charge is 0.442 e. The number of hydrogen-bond donors (Lipinski definition) is 0. The number of nitrogens with zero attached hydrogens (tertiary/aromatic N) is 1. The molecule has 0 aliphatic carbocycles. The van der Waals surface area contributed by atoms with Crippen LogP contribution in [0.2, 0.25) is 0 Å². The highest BCUT2D eigenvalue weighted by Crippen LogP contribution is 2.28. The van der Waals surface area contributed by atoms with E-state index < -0.39 is 6.09 Å². The Morgan fingerprint density at radius 3 is 2.43 bits per heavy atom. The Balaban J connectivity index is 1.64. The molecule has 1 aliphatic heterocycles. The molecule has 0 saturated carbocycles. The summed E-state index contributed by atoms with van der Waals surface area (Å²) in [6, 6.07) is 19.0. The Morgan fingerprint density at radius 1 is 1.05 bits per heavy atom. The van der Waals surface area contributed by atoms with Gasteiger partial charge in [-0.2, -0.15) is 0 Å². The summed E-state index contributed by atoms with van der Waals surface area (Å²) in [5, 5.41) is 1.23. The van der Waals surface area contributed by atoms with Gasteiger partial charge in [-0.1, -0.05) is 60.7 Å². The minimum Gasteiger partial charge on any atom is -0.442 e. The minimum atomic E-state index is -0.502. The van der Waals surface area contributed by atoms with Crippen molar-refractivity contribution in [1.29, 1.82) is 0 Å². The maximum absolute atomic E-state index is 12.1. The van der Waals surface area contributed by atoms with Crippen LogP contribution in [0.3, 0.4) is 0 Å². The minimum absolute atomic E-state index is 0.223. The average molecular weight is 281 g/mol. The Labute approximate surface area is 123 Å². The fraction of sp³-hybridized carbons (Fsp3) is 0.118. The number of amides is 1. The number of ether oxygens (including phenoxy) is 1. The van der Waals surface area contributed by atoms with Gasteiger partial charge in [-0.25, -0.2) is 4.79 Å². The van der Waals surface area contributed by atoms with Crippen LogP contribution in [0.15, 0.2) is 73.0 Å². The van der Waals surface area contributed by atoms with Crippen molar-refractivity contribution in [3.8, 4) is 0 Å². The highest BCUT2D eigenvalue weighted by molar-refractivity contribution is 5.68. The summed E-state index contributed by atoms with van der Waals surface area (Å²) in [6.45, 7) is 0.223. The summed E-state index contributed by atoms with van der Waals surface area (Å²) >= 11 is 0. The van der Waals surface area contributed by atoms with Crippen molar-refractivity contribution in [3.63, 3.8) is 0 Å². The van der Waals surface area contributed by atoms with Crippen molar-refractivity contribution >= 4 is 6.09 Å². The van der Waals surface area contributed by atoms with Crippen molar-refractivity contribution < 1.29 is 14.4 Å². The number of carbonyl (C=O) groups excluding carboxylic acids is 1. The number of rotatable bonds is 3. The second-order valence-electron chi connectivity index (χ2n) is 4.66. The zero-order chi connectivity index (χ0) is 14.5.